The Hall–Kier alpha value is -4.01. The Bertz CT molecular complexity index is 1410. The summed E-state index contributed by atoms with van der Waals surface area (Å²) in [5.74, 6) is -7.18. The van der Waals surface area contributed by atoms with Gasteiger partial charge in [-0.1, -0.05) is 55.8 Å². The van der Waals surface area contributed by atoms with Gasteiger partial charge in [-0.2, -0.15) is 8.78 Å². The van der Waals surface area contributed by atoms with Crippen molar-refractivity contribution in [3.05, 3.63) is 107 Å². The molecule has 38 heavy (non-hydrogen) atoms. The summed E-state index contributed by atoms with van der Waals surface area (Å²) in [5, 5.41) is 0. The molecule has 0 fully saturated rings. The summed E-state index contributed by atoms with van der Waals surface area (Å²) >= 11 is 0. The molecule has 0 bridgehead atoms. The topological polar surface area (TPSA) is 18.5 Å². The summed E-state index contributed by atoms with van der Waals surface area (Å²) in [6.07, 6.45) is -2.43. The maximum Gasteiger partial charge on any atom is 0.429 e. The Morgan fingerprint density at radius 3 is 1.87 bits per heavy atom. The van der Waals surface area contributed by atoms with Gasteiger partial charge in [-0.05, 0) is 46.9 Å². The number of benzene rings is 4. The van der Waals surface area contributed by atoms with Crippen LogP contribution in [0, 0.1) is 23.3 Å². The van der Waals surface area contributed by atoms with Crippen molar-refractivity contribution < 1.29 is 40.2 Å². The normalized spacial score (nSPS) is 11.5. The first-order valence-electron chi connectivity index (χ1n) is 11.6. The van der Waals surface area contributed by atoms with Crippen molar-refractivity contribution in [2.45, 2.75) is 25.9 Å². The lowest BCUT2D eigenvalue weighted by molar-refractivity contribution is -0.187. The lowest BCUT2D eigenvalue weighted by Crippen LogP contribution is -2.23. The van der Waals surface area contributed by atoms with Gasteiger partial charge in [0, 0.05) is 17.7 Å². The van der Waals surface area contributed by atoms with Gasteiger partial charge in [-0.15, -0.1) is 0 Å². The largest absolute Gasteiger partial charge is 0.457 e. The zero-order chi connectivity index (χ0) is 27.4. The Kier molecular flexibility index (Phi) is 7.94. The molecule has 4 aromatic rings. The van der Waals surface area contributed by atoms with Crippen molar-refractivity contribution in [2.75, 3.05) is 6.86 Å². The average molecular weight is 534 g/mol. The monoisotopic (exact) mass is 534 g/mol. The molecule has 0 aromatic heterocycles. The third-order valence-electron chi connectivity index (χ3n) is 5.81. The van der Waals surface area contributed by atoms with Crippen LogP contribution in [0.4, 0.5) is 30.7 Å². The summed E-state index contributed by atoms with van der Waals surface area (Å²) in [5.41, 5.74) is 1.27. The predicted molar refractivity (Wildman–Crippen MR) is 129 cm³/mol. The molecule has 0 aliphatic carbocycles. The summed E-state index contributed by atoms with van der Waals surface area (Å²) in [6.45, 7) is 0.524. The molecule has 0 heterocycles. The van der Waals surface area contributed by atoms with E-state index in [2.05, 4.69) is 16.4 Å². The standard InChI is InChI=1S/C29H21F7O2/c1-2-3-17-4-6-18(7-5-17)19-8-10-22(24(31)12-19)20-9-11-23(25(32)13-20)29(35,36)38-21-14-26(33)28(37-16-30)27(34)15-21/h4-15H,2-3,16H2,1H3. The number of hydrogen-bond donors (Lipinski definition) is 0. The van der Waals surface area contributed by atoms with Crippen LogP contribution in [0.2, 0.25) is 0 Å². The highest BCUT2D eigenvalue weighted by atomic mass is 19.3. The molecule has 0 saturated heterocycles. The van der Waals surface area contributed by atoms with E-state index < -0.39 is 53.3 Å². The van der Waals surface area contributed by atoms with Crippen LogP contribution in [-0.2, 0) is 12.5 Å². The Labute approximate surface area is 214 Å². The second kappa shape index (κ2) is 11.2. The third-order valence-corrected chi connectivity index (χ3v) is 5.81. The van der Waals surface area contributed by atoms with E-state index in [1.54, 1.807) is 6.07 Å². The zero-order valence-corrected chi connectivity index (χ0v) is 20.0. The number of ether oxygens (including phenoxy) is 2. The van der Waals surface area contributed by atoms with E-state index in [9.17, 15) is 30.7 Å². The van der Waals surface area contributed by atoms with Gasteiger partial charge in [0.05, 0.1) is 5.56 Å². The van der Waals surface area contributed by atoms with Gasteiger partial charge in [0.15, 0.2) is 17.4 Å². The van der Waals surface area contributed by atoms with Crippen molar-refractivity contribution in [1.29, 1.82) is 0 Å². The van der Waals surface area contributed by atoms with Crippen LogP contribution >= 0.6 is 0 Å². The van der Waals surface area contributed by atoms with E-state index in [0.717, 1.165) is 30.0 Å². The van der Waals surface area contributed by atoms with Crippen LogP contribution in [0.25, 0.3) is 22.3 Å². The molecule has 0 atom stereocenters. The Morgan fingerprint density at radius 2 is 1.29 bits per heavy atom. The lowest BCUT2D eigenvalue weighted by atomic mass is 9.97. The first kappa shape index (κ1) is 27.0. The van der Waals surface area contributed by atoms with Gasteiger partial charge in [-0.25, -0.2) is 22.0 Å². The quantitative estimate of drug-likeness (QED) is 0.200. The predicted octanol–water partition coefficient (Wildman–Crippen LogP) is 8.96. The molecular formula is C29H21F7O2. The molecule has 4 rings (SSSR count). The minimum atomic E-state index is -4.35. The summed E-state index contributed by atoms with van der Waals surface area (Å²) in [4.78, 5) is 0. The number of hydrogen-bond acceptors (Lipinski definition) is 2. The first-order chi connectivity index (χ1) is 18.1. The fourth-order valence-corrected chi connectivity index (χ4v) is 3.99. The summed E-state index contributed by atoms with van der Waals surface area (Å²) < 4.78 is 107. The van der Waals surface area contributed by atoms with Gasteiger partial charge < -0.3 is 9.47 Å². The third kappa shape index (κ3) is 5.77. The molecule has 0 radical (unpaired) electrons. The highest BCUT2D eigenvalue weighted by Crippen LogP contribution is 2.37. The van der Waals surface area contributed by atoms with Crippen LogP contribution in [0.15, 0.2) is 72.8 Å². The lowest BCUT2D eigenvalue weighted by Gasteiger charge is -2.20. The van der Waals surface area contributed by atoms with Crippen molar-refractivity contribution in [2.24, 2.45) is 0 Å². The molecule has 198 valence electrons. The first-order valence-corrected chi connectivity index (χ1v) is 11.6. The van der Waals surface area contributed by atoms with Crippen LogP contribution in [0.1, 0.15) is 24.5 Å². The van der Waals surface area contributed by atoms with Crippen LogP contribution in [-0.4, -0.2) is 6.86 Å². The van der Waals surface area contributed by atoms with E-state index in [0.29, 0.717) is 29.8 Å². The average Bonchev–Trinajstić information content (AvgIpc) is 2.86. The second-order valence-corrected chi connectivity index (χ2v) is 8.42. The van der Waals surface area contributed by atoms with Gasteiger partial charge in [0.1, 0.15) is 17.4 Å². The van der Waals surface area contributed by atoms with Gasteiger partial charge in [0.25, 0.3) is 0 Å². The molecule has 4 aromatic carbocycles. The molecule has 0 amide bonds. The smallest absolute Gasteiger partial charge is 0.429 e. The fourth-order valence-electron chi connectivity index (χ4n) is 3.99. The zero-order valence-electron chi connectivity index (χ0n) is 20.0. The molecule has 0 spiro atoms. The molecule has 2 nitrogen and oxygen atoms in total. The number of rotatable bonds is 9. The number of aryl methyl sites for hydroxylation is 1. The molecule has 0 aliphatic rings. The fraction of sp³-hybridized carbons (Fsp3) is 0.172. The molecular weight excluding hydrogens is 513 g/mol. The van der Waals surface area contributed by atoms with Crippen LogP contribution < -0.4 is 9.47 Å². The van der Waals surface area contributed by atoms with Crippen molar-refractivity contribution in [1.82, 2.24) is 0 Å². The number of alkyl halides is 3. The molecule has 0 N–H and O–H groups in total. The van der Waals surface area contributed by atoms with Crippen molar-refractivity contribution in [3.8, 4) is 33.8 Å². The highest BCUT2D eigenvalue weighted by Gasteiger charge is 2.38. The second-order valence-electron chi connectivity index (χ2n) is 8.42. The van der Waals surface area contributed by atoms with E-state index in [4.69, 9.17) is 0 Å². The van der Waals surface area contributed by atoms with Crippen molar-refractivity contribution in [3.63, 3.8) is 0 Å². The Balaban J connectivity index is 1.57. The minimum absolute atomic E-state index is 0.00536. The minimum Gasteiger partial charge on any atom is -0.457 e. The van der Waals surface area contributed by atoms with Gasteiger partial charge in [0.2, 0.25) is 6.86 Å². The van der Waals surface area contributed by atoms with Crippen molar-refractivity contribution >= 4 is 0 Å². The Morgan fingerprint density at radius 1 is 0.684 bits per heavy atom. The van der Waals surface area contributed by atoms with E-state index in [1.165, 1.54) is 12.1 Å². The van der Waals surface area contributed by atoms with Crippen LogP contribution in [0.3, 0.4) is 0 Å². The molecule has 0 aliphatic heterocycles. The van der Waals surface area contributed by atoms with Gasteiger partial charge >= 0.3 is 6.11 Å². The molecule has 9 heteroatoms. The number of halogens is 7. The van der Waals surface area contributed by atoms with Gasteiger partial charge in [-0.3, -0.25) is 0 Å². The van der Waals surface area contributed by atoms with Crippen LogP contribution in [0.5, 0.6) is 11.5 Å². The van der Waals surface area contributed by atoms with E-state index >= 15 is 0 Å². The SMILES string of the molecule is CCCc1ccc(-c2ccc(-c3ccc(C(F)(F)Oc4cc(F)c(OCF)c(F)c4)c(F)c3)c(F)c2)cc1. The summed E-state index contributed by atoms with van der Waals surface area (Å²) in [7, 11) is 0. The molecule has 0 saturated carbocycles. The summed E-state index contributed by atoms with van der Waals surface area (Å²) in [6, 6.07) is 15.2. The van der Waals surface area contributed by atoms with E-state index in [1.807, 2.05) is 24.3 Å². The molecule has 0 unspecified atom stereocenters. The maximum atomic E-state index is 14.9. The maximum absolute atomic E-state index is 14.9. The van der Waals surface area contributed by atoms with E-state index in [-0.39, 0.29) is 11.1 Å². The highest BCUT2D eigenvalue weighted by molar-refractivity contribution is 5.71.